The van der Waals surface area contributed by atoms with E-state index in [1.54, 1.807) is 17.6 Å². The second-order valence-electron chi connectivity index (χ2n) is 5.52. The second kappa shape index (κ2) is 6.71. The van der Waals surface area contributed by atoms with Gasteiger partial charge in [-0.25, -0.2) is 18.9 Å². The van der Waals surface area contributed by atoms with Crippen LogP contribution in [0.4, 0.5) is 0 Å². The Hall–Kier alpha value is -2.01. The number of hydroxylamine groups is 1. The number of aryl methyl sites for hydroxylation is 1. The first-order valence-corrected chi connectivity index (χ1v) is 9.67. The summed E-state index contributed by atoms with van der Waals surface area (Å²) in [4.78, 5) is 17.3. The molecule has 3 rings (SSSR count). The van der Waals surface area contributed by atoms with Gasteiger partial charge in [-0.2, -0.15) is 4.31 Å². The molecule has 0 spiro atoms. The lowest BCUT2D eigenvalue weighted by atomic mass is 10.1. The normalized spacial score (nSPS) is 17.8. The van der Waals surface area contributed by atoms with Gasteiger partial charge < -0.3 is 4.74 Å². The largest absolute Gasteiger partial charge is 0.497 e. The van der Waals surface area contributed by atoms with E-state index in [4.69, 9.17) is 9.94 Å². The molecule has 1 unspecified atom stereocenters. The summed E-state index contributed by atoms with van der Waals surface area (Å²) in [5, 5.41) is 9.81. The van der Waals surface area contributed by atoms with Gasteiger partial charge >= 0.3 is 0 Å². The maximum Gasteiger partial charge on any atom is 0.262 e. The highest BCUT2D eigenvalue weighted by Gasteiger charge is 2.41. The number of carbonyl (C=O) groups is 1. The molecule has 0 radical (unpaired) electrons. The number of hydrogen-bond donors (Lipinski definition) is 2. The summed E-state index contributed by atoms with van der Waals surface area (Å²) in [6.07, 6.45) is 0.113. The summed E-state index contributed by atoms with van der Waals surface area (Å²) >= 11 is 1.40. The van der Waals surface area contributed by atoms with Gasteiger partial charge in [0.15, 0.2) is 0 Å². The molecule has 1 aromatic carbocycles. The number of rotatable bonds is 4. The molecule has 1 aromatic heterocycles. The highest BCUT2D eigenvalue weighted by molar-refractivity contribution is 7.89. The molecule has 10 heteroatoms. The molecule has 2 N–H and O–H groups in total. The summed E-state index contributed by atoms with van der Waals surface area (Å²) in [6.45, 7) is 1.86. The van der Waals surface area contributed by atoms with Crippen LogP contribution >= 0.6 is 11.3 Å². The topological polar surface area (TPSA) is 109 Å². The molecule has 2 aromatic rings. The number of fused-ring (bicyclic) bond motifs is 1. The van der Waals surface area contributed by atoms with Crippen molar-refractivity contribution in [3.63, 3.8) is 0 Å². The van der Waals surface area contributed by atoms with Crippen molar-refractivity contribution < 1.29 is 23.2 Å². The predicted molar refractivity (Wildman–Crippen MR) is 90.0 cm³/mol. The fourth-order valence-electron chi connectivity index (χ4n) is 2.77. The van der Waals surface area contributed by atoms with E-state index in [2.05, 4.69) is 4.98 Å². The van der Waals surface area contributed by atoms with Crippen molar-refractivity contribution in [2.45, 2.75) is 30.8 Å². The third-order valence-electron chi connectivity index (χ3n) is 4.00. The zero-order valence-electron chi connectivity index (χ0n) is 13.6. The molecule has 2 heterocycles. The summed E-state index contributed by atoms with van der Waals surface area (Å²) in [5.41, 5.74) is 2.25. The molecule has 134 valence electrons. The molecule has 1 aliphatic rings. The first-order chi connectivity index (χ1) is 11.9. The lowest BCUT2D eigenvalue weighted by Gasteiger charge is -2.32. The molecule has 0 saturated heterocycles. The number of aromatic nitrogens is 1. The van der Waals surface area contributed by atoms with E-state index in [1.165, 1.54) is 30.6 Å². The van der Waals surface area contributed by atoms with Crippen LogP contribution in [-0.2, 0) is 27.8 Å². The van der Waals surface area contributed by atoms with Gasteiger partial charge in [0.2, 0.25) is 10.0 Å². The Bertz CT molecular complexity index is 892. The van der Waals surface area contributed by atoms with Crippen LogP contribution in [0, 0.1) is 6.92 Å². The molecular weight excluding hydrogens is 366 g/mol. The summed E-state index contributed by atoms with van der Waals surface area (Å²) in [7, 11) is -2.45. The van der Waals surface area contributed by atoms with Gasteiger partial charge in [0.25, 0.3) is 5.91 Å². The van der Waals surface area contributed by atoms with Crippen molar-refractivity contribution in [3.05, 3.63) is 39.8 Å². The summed E-state index contributed by atoms with van der Waals surface area (Å²) < 4.78 is 32.2. The van der Waals surface area contributed by atoms with Crippen molar-refractivity contribution in [1.29, 1.82) is 0 Å². The van der Waals surface area contributed by atoms with E-state index in [0.29, 0.717) is 11.4 Å². The van der Waals surface area contributed by atoms with Gasteiger partial charge in [0, 0.05) is 11.3 Å². The molecule has 1 atom stereocenters. The minimum Gasteiger partial charge on any atom is -0.497 e. The molecule has 0 aliphatic carbocycles. The Balaban J connectivity index is 2.02. The minimum absolute atomic E-state index is 0.0350. The smallest absolute Gasteiger partial charge is 0.262 e. The number of methoxy groups -OCH3 is 1. The number of benzene rings is 1. The van der Waals surface area contributed by atoms with Crippen molar-refractivity contribution in [2.24, 2.45) is 0 Å². The van der Waals surface area contributed by atoms with Crippen molar-refractivity contribution in [3.8, 4) is 5.75 Å². The van der Waals surface area contributed by atoms with Crippen LogP contribution in [-0.4, -0.2) is 42.0 Å². The third-order valence-corrected chi connectivity index (χ3v) is 6.86. The van der Waals surface area contributed by atoms with Crippen LogP contribution in [0.25, 0.3) is 0 Å². The molecule has 1 aliphatic heterocycles. The molecule has 0 bridgehead atoms. The van der Waals surface area contributed by atoms with Crippen LogP contribution in [0.15, 0.2) is 29.2 Å². The Morgan fingerprint density at radius 1 is 1.40 bits per heavy atom. The third kappa shape index (κ3) is 3.25. The van der Waals surface area contributed by atoms with E-state index in [1.807, 2.05) is 6.92 Å². The average Bonchev–Trinajstić information content (AvgIpc) is 2.99. The maximum atomic E-state index is 13.0. The number of nitrogens with zero attached hydrogens (tertiary/aromatic N) is 2. The summed E-state index contributed by atoms with van der Waals surface area (Å²) in [5.74, 6) is -0.254. The molecule has 0 fully saturated rings. The number of nitrogens with one attached hydrogen (secondary N) is 1. The molecule has 25 heavy (non-hydrogen) atoms. The average molecular weight is 383 g/mol. The number of thiazole rings is 1. The van der Waals surface area contributed by atoms with E-state index < -0.39 is 22.0 Å². The lowest BCUT2D eigenvalue weighted by Crippen LogP contribution is -2.51. The number of amides is 1. The van der Waals surface area contributed by atoms with Crippen molar-refractivity contribution in [2.75, 3.05) is 7.11 Å². The van der Waals surface area contributed by atoms with Crippen LogP contribution in [0.1, 0.15) is 15.6 Å². The van der Waals surface area contributed by atoms with E-state index in [0.717, 1.165) is 14.2 Å². The SMILES string of the molecule is COc1ccc(S(=O)(=O)N2Cc3sc(C)nc3CC2C(=O)NO)cc1. The molecule has 1 amide bonds. The fraction of sp³-hybridized carbons (Fsp3) is 0.333. The molecular formula is C15H17N3O5S2. The highest BCUT2D eigenvalue weighted by atomic mass is 32.2. The number of carbonyl (C=O) groups excluding carboxylic acids is 1. The van der Waals surface area contributed by atoms with Crippen LogP contribution in [0.5, 0.6) is 5.75 Å². The number of hydrogen-bond acceptors (Lipinski definition) is 7. The van der Waals surface area contributed by atoms with Gasteiger partial charge in [0.05, 0.1) is 29.3 Å². The Morgan fingerprint density at radius 2 is 2.08 bits per heavy atom. The number of sulfonamides is 1. The Kier molecular flexibility index (Phi) is 4.78. The zero-order chi connectivity index (χ0) is 18.2. The van der Waals surface area contributed by atoms with E-state index in [-0.39, 0.29) is 17.9 Å². The number of ether oxygens (including phenoxy) is 1. The van der Waals surface area contributed by atoms with Crippen molar-refractivity contribution in [1.82, 2.24) is 14.8 Å². The van der Waals surface area contributed by atoms with Gasteiger partial charge in [0.1, 0.15) is 11.8 Å². The van der Waals surface area contributed by atoms with Gasteiger partial charge in [-0.15, -0.1) is 11.3 Å². The summed E-state index contributed by atoms with van der Waals surface area (Å²) in [6, 6.07) is 4.87. The molecule has 8 nitrogen and oxygen atoms in total. The maximum absolute atomic E-state index is 13.0. The zero-order valence-corrected chi connectivity index (χ0v) is 15.2. The van der Waals surface area contributed by atoms with Crippen LogP contribution < -0.4 is 10.2 Å². The quantitative estimate of drug-likeness (QED) is 0.604. The van der Waals surface area contributed by atoms with Gasteiger partial charge in [-0.05, 0) is 31.2 Å². The highest BCUT2D eigenvalue weighted by Crippen LogP contribution is 2.32. The Morgan fingerprint density at radius 3 is 2.68 bits per heavy atom. The van der Waals surface area contributed by atoms with Gasteiger partial charge in [-0.3, -0.25) is 10.0 Å². The monoisotopic (exact) mass is 383 g/mol. The standard InChI is InChI=1S/C15H17N3O5S2/c1-9-16-12-7-13(15(19)17-20)18(8-14(12)24-9)25(21,22)11-5-3-10(23-2)4-6-11/h3-6,13,20H,7-8H2,1-2H3,(H,17,19). The molecule has 0 saturated carbocycles. The first-order valence-electron chi connectivity index (χ1n) is 7.42. The van der Waals surface area contributed by atoms with Crippen LogP contribution in [0.3, 0.4) is 0 Å². The lowest BCUT2D eigenvalue weighted by molar-refractivity contribution is -0.133. The Labute approximate surface area is 149 Å². The van der Waals surface area contributed by atoms with Crippen molar-refractivity contribution >= 4 is 27.3 Å². The van der Waals surface area contributed by atoms with Crippen LogP contribution in [0.2, 0.25) is 0 Å². The minimum atomic E-state index is -3.94. The van der Waals surface area contributed by atoms with Gasteiger partial charge in [-0.1, -0.05) is 0 Å². The van der Waals surface area contributed by atoms with E-state index >= 15 is 0 Å². The predicted octanol–water partition coefficient (Wildman–Crippen LogP) is 1.08. The van der Waals surface area contributed by atoms with E-state index in [9.17, 15) is 13.2 Å². The second-order valence-corrected chi connectivity index (χ2v) is 8.70. The fourth-order valence-corrected chi connectivity index (χ4v) is 5.37. The first kappa shape index (κ1) is 17.8.